The lowest BCUT2D eigenvalue weighted by Gasteiger charge is -2.31. The number of hydrogen-bond donors (Lipinski definition) is 1. The van der Waals surface area contributed by atoms with Crippen LogP contribution in [-0.4, -0.2) is 24.1 Å². The van der Waals surface area contributed by atoms with Crippen LogP contribution < -0.4 is 10.2 Å². The lowest BCUT2D eigenvalue weighted by Crippen LogP contribution is -2.44. The Labute approximate surface area is 125 Å². The van der Waals surface area contributed by atoms with Gasteiger partial charge in [0.25, 0.3) is 0 Å². The number of anilines is 2. The van der Waals surface area contributed by atoms with E-state index in [4.69, 9.17) is 4.74 Å². The van der Waals surface area contributed by atoms with Crippen LogP contribution in [0.1, 0.15) is 26.3 Å². The van der Waals surface area contributed by atoms with Crippen molar-refractivity contribution >= 4 is 23.4 Å². The molecule has 1 aromatic carbocycles. The van der Waals surface area contributed by atoms with E-state index in [1.807, 2.05) is 0 Å². The number of carbonyl (C=O) groups excluding carboxylic acids is 2. The molecule has 0 saturated heterocycles. The molecule has 0 aromatic heterocycles. The summed E-state index contributed by atoms with van der Waals surface area (Å²) in [6.45, 7) is 4.65. The molecule has 120 valence electrons. The maximum atomic E-state index is 12.7. The van der Waals surface area contributed by atoms with Crippen molar-refractivity contribution in [2.75, 3.05) is 16.8 Å². The molecule has 8 heteroatoms. The van der Waals surface area contributed by atoms with Gasteiger partial charge in [-0.05, 0) is 39.0 Å². The van der Waals surface area contributed by atoms with Crippen molar-refractivity contribution in [3.8, 4) is 0 Å². The first-order valence-corrected chi connectivity index (χ1v) is 6.49. The first-order valence-electron chi connectivity index (χ1n) is 6.49. The number of alkyl halides is 3. The minimum absolute atomic E-state index is 0.0723. The number of amides is 2. The molecule has 2 rings (SSSR count). The normalized spacial score (nSPS) is 15.2. The fourth-order valence-electron chi connectivity index (χ4n) is 1.95. The second kappa shape index (κ2) is 5.19. The number of halogens is 3. The van der Waals surface area contributed by atoms with Crippen molar-refractivity contribution in [3.63, 3.8) is 0 Å². The molecule has 0 unspecified atom stereocenters. The Morgan fingerprint density at radius 2 is 1.91 bits per heavy atom. The van der Waals surface area contributed by atoms with E-state index in [2.05, 4.69) is 5.32 Å². The van der Waals surface area contributed by atoms with E-state index in [1.165, 1.54) is 0 Å². The fraction of sp³-hybridized carbons (Fsp3) is 0.429. The van der Waals surface area contributed by atoms with Gasteiger partial charge in [-0.3, -0.25) is 9.69 Å². The molecule has 0 fully saturated rings. The zero-order valence-corrected chi connectivity index (χ0v) is 12.2. The number of rotatable bonds is 0. The topological polar surface area (TPSA) is 58.6 Å². The van der Waals surface area contributed by atoms with Gasteiger partial charge in [-0.2, -0.15) is 13.2 Å². The highest BCUT2D eigenvalue weighted by Gasteiger charge is 2.35. The van der Waals surface area contributed by atoms with Crippen LogP contribution in [0.4, 0.5) is 29.3 Å². The van der Waals surface area contributed by atoms with E-state index in [0.29, 0.717) is 0 Å². The van der Waals surface area contributed by atoms with Crippen molar-refractivity contribution in [2.45, 2.75) is 32.5 Å². The third-order valence-corrected chi connectivity index (χ3v) is 2.80. The zero-order valence-electron chi connectivity index (χ0n) is 12.2. The third kappa shape index (κ3) is 3.49. The van der Waals surface area contributed by atoms with Gasteiger partial charge in [0.1, 0.15) is 12.1 Å². The van der Waals surface area contributed by atoms with Gasteiger partial charge in [-0.1, -0.05) is 0 Å². The number of benzene rings is 1. The van der Waals surface area contributed by atoms with Crippen LogP contribution in [-0.2, 0) is 15.7 Å². The minimum atomic E-state index is -4.53. The summed E-state index contributed by atoms with van der Waals surface area (Å²) in [5.74, 6) is -0.585. The summed E-state index contributed by atoms with van der Waals surface area (Å²) in [5, 5.41) is 2.33. The molecule has 1 aromatic rings. The van der Waals surface area contributed by atoms with Gasteiger partial charge in [0.15, 0.2) is 0 Å². The average molecular weight is 316 g/mol. The van der Waals surface area contributed by atoms with E-state index in [9.17, 15) is 22.8 Å². The minimum Gasteiger partial charge on any atom is -0.443 e. The Kier molecular flexibility index (Phi) is 3.80. The number of ether oxygens (including phenoxy) is 1. The van der Waals surface area contributed by atoms with Crippen LogP contribution in [0, 0.1) is 0 Å². The second-order valence-corrected chi connectivity index (χ2v) is 5.84. The van der Waals surface area contributed by atoms with E-state index in [1.54, 1.807) is 20.8 Å². The van der Waals surface area contributed by atoms with Gasteiger partial charge < -0.3 is 10.1 Å². The molecule has 0 spiro atoms. The smallest absolute Gasteiger partial charge is 0.416 e. The largest absolute Gasteiger partial charge is 0.443 e. The summed E-state index contributed by atoms with van der Waals surface area (Å²) in [4.78, 5) is 24.7. The van der Waals surface area contributed by atoms with Gasteiger partial charge in [0, 0.05) is 0 Å². The maximum absolute atomic E-state index is 12.7. The highest BCUT2D eigenvalue weighted by Crippen LogP contribution is 2.37. The van der Waals surface area contributed by atoms with Crippen molar-refractivity contribution in [1.29, 1.82) is 0 Å². The summed E-state index contributed by atoms with van der Waals surface area (Å²) in [6.07, 6.45) is -5.32. The first-order chi connectivity index (χ1) is 9.97. The fourth-order valence-corrected chi connectivity index (χ4v) is 1.95. The Morgan fingerprint density at radius 1 is 1.27 bits per heavy atom. The summed E-state index contributed by atoms with van der Waals surface area (Å²) in [7, 11) is 0. The molecule has 0 saturated carbocycles. The van der Waals surface area contributed by atoms with Crippen LogP contribution in [0.3, 0.4) is 0 Å². The van der Waals surface area contributed by atoms with Crippen molar-refractivity contribution < 1.29 is 27.5 Å². The molecular weight excluding hydrogens is 301 g/mol. The SMILES string of the molecule is CC(C)(C)OC(=O)N1CC(=O)Nc2cc(C(F)(F)F)ccc21. The molecule has 0 atom stereocenters. The van der Waals surface area contributed by atoms with Crippen LogP contribution in [0.2, 0.25) is 0 Å². The Morgan fingerprint density at radius 3 is 2.45 bits per heavy atom. The molecule has 1 aliphatic heterocycles. The number of carbonyl (C=O) groups is 2. The summed E-state index contributed by atoms with van der Waals surface area (Å²) < 4.78 is 43.3. The van der Waals surface area contributed by atoms with Crippen LogP contribution in [0.25, 0.3) is 0 Å². The van der Waals surface area contributed by atoms with Gasteiger partial charge >= 0.3 is 12.3 Å². The first kappa shape index (κ1) is 16.1. The standard InChI is InChI=1S/C14H15F3N2O3/c1-13(2,3)22-12(21)19-7-11(20)18-9-6-8(14(15,16)17)4-5-10(9)19/h4-6H,7H2,1-3H3,(H,18,20). The van der Waals surface area contributed by atoms with Crippen LogP contribution in [0.5, 0.6) is 0 Å². The van der Waals surface area contributed by atoms with Crippen molar-refractivity contribution in [2.24, 2.45) is 0 Å². The molecule has 5 nitrogen and oxygen atoms in total. The molecule has 2 amide bonds. The van der Waals surface area contributed by atoms with Crippen LogP contribution in [0.15, 0.2) is 18.2 Å². The molecule has 1 heterocycles. The van der Waals surface area contributed by atoms with E-state index in [0.717, 1.165) is 23.1 Å². The van der Waals surface area contributed by atoms with Crippen molar-refractivity contribution in [3.05, 3.63) is 23.8 Å². The van der Waals surface area contributed by atoms with Gasteiger partial charge in [-0.15, -0.1) is 0 Å². The molecule has 0 bridgehead atoms. The quantitative estimate of drug-likeness (QED) is 0.798. The molecule has 22 heavy (non-hydrogen) atoms. The van der Waals surface area contributed by atoms with Gasteiger partial charge in [0.2, 0.25) is 5.91 Å². The second-order valence-electron chi connectivity index (χ2n) is 5.84. The Bertz CT molecular complexity index is 621. The highest BCUT2D eigenvalue weighted by molar-refractivity contribution is 6.08. The maximum Gasteiger partial charge on any atom is 0.416 e. The summed E-state index contributed by atoms with van der Waals surface area (Å²) in [5.41, 5.74) is -1.59. The van der Waals surface area contributed by atoms with Crippen LogP contribution >= 0.6 is 0 Å². The molecular formula is C14H15F3N2O3. The van der Waals surface area contributed by atoms with Gasteiger partial charge in [-0.25, -0.2) is 4.79 Å². The number of fused-ring (bicyclic) bond motifs is 1. The summed E-state index contributed by atoms with van der Waals surface area (Å²) in [6, 6.07) is 2.79. The average Bonchev–Trinajstić information content (AvgIpc) is 2.33. The molecule has 1 N–H and O–H groups in total. The lowest BCUT2D eigenvalue weighted by molar-refractivity contribution is -0.137. The van der Waals surface area contributed by atoms with E-state index in [-0.39, 0.29) is 17.9 Å². The highest BCUT2D eigenvalue weighted by atomic mass is 19.4. The zero-order chi connectivity index (χ0) is 16.7. The molecule has 1 aliphatic rings. The van der Waals surface area contributed by atoms with E-state index < -0.39 is 29.3 Å². The third-order valence-electron chi connectivity index (χ3n) is 2.80. The molecule has 0 radical (unpaired) electrons. The Hall–Kier alpha value is -2.25. The predicted octanol–water partition coefficient (Wildman–Crippen LogP) is 3.40. The monoisotopic (exact) mass is 316 g/mol. The van der Waals surface area contributed by atoms with E-state index >= 15 is 0 Å². The predicted molar refractivity (Wildman–Crippen MR) is 73.7 cm³/mol. The molecule has 0 aliphatic carbocycles. The number of nitrogens with one attached hydrogen (secondary N) is 1. The number of nitrogens with zero attached hydrogens (tertiary/aromatic N) is 1. The number of hydrogen-bond acceptors (Lipinski definition) is 3. The summed E-state index contributed by atoms with van der Waals surface area (Å²) >= 11 is 0. The van der Waals surface area contributed by atoms with Gasteiger partial charge in [0.05, 0.1) is 16.9 Å². The Balaban J connectivity index is 2.38. The lowest BCUT2D eigenvalue weighted by atomic mass is 10.1. The van der Waals surface area contributed by atoms with Crippen molar-refractivity contribution in [1.82, 2.24) is 0 Å².